The number of hydrogen-bond donors (Lipinski definition) is 1. The molecule has 1 aromatic rings. The van der Waals surface area contributed by atoms with Gasteiger partial charge in [0.05, 0.1) is 25.0 Å². The van der Waals surface area contributed by atoms with Gasteiger partial charge in [-0.15, -0.1) is 0 Å². The van der Waals surface area contributed by atoms with Crippen LogP contribution in [0.1, 0.15) is 58.2 Å². The summed E-state index contributed by atoms with van der Waals surface area (Å²) in [6.45, 7) is 9.44. The van der Waals surface area contributed by atoms with E-state index in [0.29, 0.717) is 0 Å². The third-order valence-corrected chi connectivity index (χ3v) is 5.10. The standard InChI is InChI=1S/C16H30N4O/c1-5-19(6-2)16(10-8-9-11-16)15(17)14-13(21-4)12-18-20(14)7-3/h12,15H,5-11,17H2,1-4H3. The van der Waals surface area contributed by atoms with E-state index in [2.05, 4.69) is 30.8 Å². The van der Waals surface area contributed by atoms with E-state index in [1.807, 2.05) is 4.68 Å². The van der Waals surface area contributed by atoms with Gasteiger partial charge in [0, 0.05) is 12.1 Å². The first-order valence-electron chi connectivity index (χ1n) is 8.24. The highest BCUT2D eigenvalue weighted by molar-refractivity contribution is 5.31. The van der Waals surface area contributed by atoms with E-state index >= 15 is 0 Å². The Morgan fingerprint density at radius 2 is 1.95 bits per heavy atom. The molecule has 5 nitrogen and oxygen atoms in total. The molecule has 0 amide bonds. The van der Waals surface area contributed by atoms with Crippen molar-refractivity contribution in [1.82, 2.24) is 14.7 Å². The Morgan fingerprint density at radius 3 is 2.43 bits per heavy atom. The normalized spacial score (nSPS) is 19.1. The lowest BCUT2D eigenvalue weighted by atomic mass is 9.84. The van der Waals surface area contributed by atoms with Crippen LogP contribution in [-0.2, 0) is 6.54 Å². The van der Waals surface area contributed by atoms with E-state index in [1.54, 1.807) is 13.3 Å². The first-order chi connectivity index (χ1) is 10.1. The maximum Gasteiger partial charge on any atom is 0.161 e. The Bertz CT molecular complexity index is 426. The van der Waals surface area contributed by atoms with Crippen LogP contribution in [0.15, 0.2) is 6.20 Å². The SMILES string of the molecule is CCN(CC)C1(C(N)c2c(OC)cnn2CC)CCCC1. The topological polar surface area (TPSA) is 56.3 Å². The van der Waals surface area contributed by atoms with Gasteiger partial charge in [-0.25, -0.2) is 0 Å². The molecule has 1 aliphatic carbocycles. The van der Waals surface area contributed by atoms with E-state index in [0.717, 1.165) is 43.9 Å². The zero-order chi connectivity index (χ0) is 15.5. The molecule has 1 atom stereocenters. The zero-order valence-electron chi connectivity index (χ0n) is 13.9. The minimum Gasteiger partial charge on any atom is -0.493 e. The third-order valence-electron chi connectivity index (χ3n) is 5.10. The monoisotopic (exact) mass is 294 g/mol. The number of rotatable bonds is 7. The van der Waals surface area contributed by atoms with Crippen LogP contribution in [0, 0.1) is 0 Å². The van der Waals surface area contributed by atoms with Crippen molar-refractivity contribution >= 4 is 0 Å². The molecule has 21 heavy (non-hydrogen) atoms. The van der Waals surface area contributed by atoms with Crippen molar-refractivity contribution in [3.05, 3.63) is 11.9 Å². The van der Waals surface area contributed by atoms with Crippen molar-refractivity contribution < 1.29 is 4.74 Å². The fourth-order valence-electron chi connectivity index (χ4n) is 4.02. The number of likely N-dealkylation sites (N-methyl/N-ethyl adjacent to an activating group) is 1. The van der Waals surface area contributed by atoms with Crippen molar-refractivity contribution in [3.63, 3.8) is 0 Å². The van der Waals surface area contributed by atoms with Crippen LogP contribution in [0.2, 0.25) is 0 Å². The molecule has 1 saturated carbocycles. The molecule has 5 heteroatoms. The van der Waals surface area contributed by atoms with Crippen molar-refractivity contribution in [2.45, 2.75) is 64.6 Å². The predicted molar refractivity (Wildman–Crippen MR) is 85.5 cm³/mol. The summed E-state index contributed by atoms with van der Waals surface area (Å²) in [5.41, 5.74) is 7.90. The molecule has 1 unspecified atom stereocenters. The Hall–Kier alpha value is -1.07. The Morgan fingerprint density at radius 1 is 1.33 bits per heavy atom. The molecule has 0 spiro atoms. The molecule has 0 bridgehead atoms. The van der Waals surface area contributed by atoms with Crippen LogP contribution in [0.3, 0.4) is 0 Å². The van der Waals surface area contributed by atoms with Crippen LogP contribution in [-0.4, -0.2) is 40.4 Å². The molecule has 1 heterocycles. The van der Waals surface area contributed by atoms with Crippen molar-refractivity contribution in [1.29, 1.82) is 0 Å². The van der Waals surface area contributed by atoms with Gasteiger partial charge in [0.2, 0.25) is 0 Å². The van der Waals surface area contributed by atoms with Crippen molar-refractivity contribution in [2.75, 3.05) is 20.2 Å². The summed E-state index contributed by atoms with van der Waals surface area (Å²) in [5.74, 6) is 0.822. The summed E-state index contributed by atoms with van der Waals surface area (Å²) < 4.78 is 7.51. The van der Waals surface area contributed by atoms with Gasteiger partial charge in [-0.3, -0.25) is 9.58 Å². The van der Waals surface area contributed by atoms with Crippen LogP contribution in [0.25, 0.3) is 0 Å². The highest BCUT2D eigenvalue weighted by atomic mass is 16.5. The maximum absolute atomic E-state index is 6.80. The number of aromatic nitrogens is 2. The highest BCUT2D eigenvalue weighted by Crippen LogP contribution is 2.45. The van der Waals surface area contributed by atoms with Crippen molar-refractivity contribution in [2.24, 2.45) is 5.73 Å². The number of nitrogens with two attached hydrogens (primary N) is 1. The lowest BCUT2D eigenvalue weighted by molar-refractivity contribution is 0.0731. The molecule has 0 aromatic carbocycles. The number of ether oxygens (including phenoxy) is 1. The van der Waals surface area contributed by atoms with E-state index in [1.165, 1.54) is 12.8 Å². The van der Waals surface area contributed by atoms with E-state index < -0.39 is 0 Å². The Kier molecular flexibility index (Phi) is 5.27. The minimum atomic E-state index is -0.0581. The lowest BCUT2D eigenvalue weighted by Crippen LogP contribution is -2.54. The predicted octanol–water partition coefficient (Wildman–Crippen LogP) is 2.57. The molecule has 1 fully saturated rings. The fraction of sp³-hybridized carbons (Fsp3) is 0.812. The summed E-state index contributed by atoms with van der Waals surface area (Å²) in [5, 5.41) is 4.43. The molecule has 2 rings (SSSR count). The first kappa shape index (κ1) is 16.3. The Labute approximate surface area is 128 Å². The molecule has 0 radical (unpaired) electrons. The average molecular weight is 294 g/mol. The second-order valence-electron chi connectivity index (χ2n) is 5.87. The van der Waals surface area contributed by atoms with Gasteiger partial charge in [0.1, 0.15) is 0 Å². The summed E-state index contributed by atoms with van der Waals surface area (Å²) in [6.07, 6.45) is 6.63. The largest absolute Gasteiger partial charge is 0.493 e. The van der Waals surface area contributed by atoms with Gasteiger partial charge in [0.25, 0.3) is 0 Å². The van der Waals surface area contributed by atoms with Crippen LogP contribution < -0.4 is 10.5 Å². The molecular weight excluding hydrogens is 264 g/mol. The van der Waals surface area contributed by atoms with Gasteiger partial charge >= 0.3 is 0 Å². The highest BCUT2D eigenvalue weighted by Gasteiger charge is 2.46. The molecule has 0 aliphatic heterocycles. The third kappa shape index (κ3) is 2.69. The molecule has 2 N–H and O–H groups in total. The number of aryl methyl sites for hydroxylation is 1. The second kappa shape index (κ2) is 6.79. The van der Waals surface area contributed by atoms with Crippen LogP contribution in [0.4, 0.5) is 0 Å². The molecular formula is C16H30N4O. The van der Waals surface area contributed by atoms with Crippen LogP contribution in [0.5, 0.6) is 5.75 Å². The molecule has 120 valence electrons. The first-order valence-corrected chi connectivity index (χ1v) is 8.24. The fourth-order valence-corrected chi connectivity index (χ4v) is 4.02. The van der Waals surface area contributed by atoms with E-state index in [-0.39, 0.29) is 11.6 Å². The molecule has 1 aromatic heterocycles. The van der Waals surface area contributed by atoms with Gasteiger partial charge in [-0.2, -0.15) is 5.10 Å². The summed E-state index contributed by atoms with van der Waals surface area (Å²) >= 11 is 0. The smallest absolute Gasteiger partial charge is 0.161 e. The number of methoxy groups -OCH3 is 1. The van der Waals surface area contributed by atoms with E-state index in [4.69, 9.17) is 10.5 Å². The molecule has 0 saturated heterocycles. The molecule has 1 aliphatic rings. The summed E-state index contributed by atoms with van der Waals surface area (Å²) in [6, 6.07) is -0.0581. The van der Waals surface area contributed by atoms with Gasteiger partial charge in [-0.1, -0.05) is 26.7 Å². The number of nitrogens with zero attached hydrogens (tertiary/aromatic N) is 3. The zero-order valence-corrected chi connectivity index (χ0v) is 13.9. The number of hydrogen-bond acceptors (Lipinski definition) is 4. The minimum absolute atomic E-state index is 0.0454. The average Bonchev–Trinajstić information content (AvgIpc) is 3.14. The maximum atomic E-state index is 6.80. The second-order valence-corrected chi connectivity index (χ2v) is 5.87. The summed E-state index contributed by atoms with van der Waals surface area (Å²) in [7, 11) is 1.70. The Balaban J connectivity index is 2.44. The van der Waals surface area contributed by atoms with Gasteiger partial charge in [-0.05, 0) is 32.9 Å². The summed E-state index contributed by atoms with van der Waals surface area (Å²) in [4.78, 5) is 2.54. The van der Waals surface area contributed by atoms with Gasteiger partial charge in [0.15, 0.2) is 5.75 Å². The quantitative estimate of drug-likeness (QED) is 0.839. The van der Waals surface area contributed by atoms with Crippen molar-refractivity contribution in [3.8, 4) is 5.75 Å². The van der Waals surface area contributed by atoms with E-state index in [9.17, 15) is 0 Å². The van der Waals surface area contributed by atoms with Crippen LogP contribution >= 0.6 is 0 Å². The van der Waals surface area contributed by atoms with Gasteiger partial charge < -0.3 is 10.5 Å². The lowest BCUT2D eigenvalue weighted by Gasteiger charge is -2.44.